The zero-order valence-electron chi connectivity index (χ0n) is 6.55. The van der Waals surface area contributed by atoms with Crippen molar-refractivity contribution in [3.05, 3.63) is 0 Å². The molecule has 0 aromatic carbocycles. The van der Waals surface area contributed by atoms with Crippen LogP contribution in [0.1, 0.15) is 20.3 Å². The maximum atomic E-state index is 9.71. The minimum atomic E-state index is -0.417. The Kier molecular flexibility index (Phi) is 3.63. The van der Waals surface area contributed by atoms with Gasteiger partial charge in [-0.05, 0) is 18.9 Å². The van der Waals surface area contributed by atoms with Crippen LogP contribution in [0.3, 0.4) is 0 Å². The largest absolute Gasteiger partial charge is 0.388 e. The summed E-state index contributed by atoms with van der Waals surface area (Å²) < 4.78 is 0. The summed E-state index contributed by atoms with van der Waals surface area (Å²) in [6.45, 7) is 5.86. The molecule has 0 saturated carbocycles. The second-order valence-corrected chi connectivity index (χ2v) is 3.19. The van der Waals surface area contributed by atoms with Gasteiger partial charge in [0, 0.05) is 6.54 Å². The smallest absolute Gasteiger partial charge is 0.0806 e. The Morgan fingerprint density at radius 1 is 1.50 bits per heavy atom. The first-order valence-corrected chi connectivity index (χ1v) is 3.58. The maximum absolute atomic E-state index is 9.71. The van der Waals surface area contributed by atoms with Gasteiger partial charge in [-0.2, -0.15) is 0 Å². The molecule has 0 radical (unpaired) electrons. The normalized spacial score (nSPS) is 32.4. The van der Waals surface area contributed by atoms with E-state index in [1.54, 1.807) is 0 Å². The van der Waals surface area contributed by atoms with E-state index in [1.807, 2.05) is 0 Å². The van der Waals surface area contributed by atoms with E-state index in [4.69, 9.17) is 0 Å². The Labute approximate surface area is 68.4 Å². The number of nitrogens with one attached hydrogen (secondary N) is 1. The summed E-state index contributed by atoms with van der Waals surface area (Å²) in [6, 6.07) is 0. The van der Waals surface area contributed by atoms with Crippen LogP contribution in [-0.4, -0.2) is 23.8 Å². The van der Waals surface area contributed by atoms with Gasteiger partial charge in [-0.1, -0.05) is 13.8 Å². The average Bonchev–Trinajstić information content (AvgIpc) is 2.16. The molecule has 2 N–H and O–H groups in total. The van der Waals surface area contributed by atoms with E-state index in [-0.39, 0.29) is 12.4 Å². The van der Waals surface area contributed by atoms with E-state index < -0.39 is 5.60 Å². The third kappa shape index (κ3) is 1.84. The van der Waals surface area contributed by atoms with Crippen molar-refractivity contribution < 1.29 is 5.11 Å². The summed E-state index contributed by atoms with van der Waals surface area (Å²) in [5.41, 5.74) is -0.417. The van der Waals surface area contributed by atoms with E-state index in [9.17, 15) is 5.11 Å². The van der Waals surface area contributed by atoms with Gasteiger partial charge in [-0.25, -0.2) is 0 Å². The van der Waals surface area contributed by atoms with Gasteiger partial charge in [-0.15, -0.1) is 12.4 Å². The highest BCUT2D eigenvalue weighted by molar-refractivity contribution is 5.85. The van der Waals surface area contributed by atoms with Crippen LogP contribution in [0.5, 0.6) is 0 Å². The summed E-state index contributed by atoms with van der Waals surface area (Å²) in [5.74, 6) is 0.382. The van der Waals surface area contributed by atoms with Crippen molar-refractivity contribution in [2.45, 2.75) is 25.9 Å². The van der Waals surface area contributed by atoms with E-state index >= 15 is 0 Å². The quantitative estimate of drug-likeness (QED) is 0.602. The summed E-state index contributed by atoms with van der Waals surface area (Å²) in [7, 11) is 0. The molecule has 0 aromatic rings. The lowest BCUT2D eigenvalue weighted by Gasteiger charge is -2.25. The molecule has 10 heavy (non-hydrogen) atoms. The van der Waals surface area contributed by atoms with Gasteiger partial charge in [0.15, 0.2) is 0 Å². The van der Waals surface area contributed by atoms with E-state index in [2.05, 4.69) is 19.2 Å². The molecule has 1 saturated heterocycles. The van der Waals surface area contributed by atoms with Gasteiger partial charge in [0.25, 0.3) is 0 Å². The Balaban J connectivity index is 0.000000810. The van der Waals surface area contributed by atoms with Crippen LogP contribution < -0.4 is 5.32 Å². The fourth-order valence-corrected chi connectivity index (χ4v) is 1.19. The predicted octanol–water partition coefficient (Wildman–Crippen LogP) is 0.789. The fraction of sp³-hybridized carbons (Fsp3) is 1.00. The number of rotatable bonds is 1. The standard InChI is InChI=1S/C7H15NO.ClH/c1-6(2)7(9)3-4-8-5-7;/h6,8-9H,3-5H2,1-2H3;1H. The molecule has 0 amide bonds. The van der Waals surface area contributed by atoms with E-state index in [0.717, 1.165) is 19.5 Å². The minimum absolute atomic E-state index is 0. The number of aliphatic hydroxyl groups is 1. The van der Waals surface area contributed by atoms with Crippen molar-refractivity contribution in [1.29, 1.82) is 0 Å². The highest BCUT2D eigenvalue weighted by atomic mass is 35.5. The van der Waals surface area contributed by atoms with Crippen molar-refractivity contribution >= 4 is 12.4 Å². The molecule has 1 aliphatic heterocycles. The zero-order chi connectivity index (χ0) is 6.91. The highest BCUT2D eigenvalue weighted by Gasteiger charge is 2.33. The molecule has 0 bridgehead atoms. The summed E-state index contributed by atoms with van der Waals surface area (Å²) in [4.78, 5) is 0. The summed E-state index contributed by atoms with van der Waals surface area (Å²) in [5, 5.41) is 12.9. The lowest BCUT2D eigenvalue weighted by molar-refractivity contribution is 0.0150. The molecule has 1 heterocycles. The number of β-amino-alcohol motifs (C(OH)–C–C–N with tert-alkyl or cyclic N) is 1. The Hall–Kier alpha value is 0.210. The number of halogens is 1. The van der Waals surface area contributed by atoms with E-state index in [1.165, 1.54) is 0 Å². The number of hydrogen-bond acceptors (Lipinski definition) is 2. The van der Waals surface area contributed by atoms with Gasteiger partial charge in [0.05, 0.1) is 5.60 Å². The molecule has 1 aliphatic rings. The molecular weight excluding hydrogens is 150 g/mol. The first-order valence-electron chi connectivity index (χ1n) is 3.58. The van der Waals surface area contributed by atoms with Gasteiger partial charge >= 0.3 is 0 Å². The molecule has 1 rings (SSSR count). The van der Waals surface area contributed by atoms with Crippen LogP contribution in [0.4, 0.5) is 0 Å². The molecule has 0 spiro atoms. The molecule has 62 valence electrons. The molecule has 2 nitrogen and oxygen atoms in total. The molecule has 1 atom stereocenters. The van der Waals surface area contributed by atoms with E-state index in [0.29, 0.717) is 5.92 Å². The monoisotopic (exact) mass is 165 g/mol. The van der Waals surface area contributed by atoms with Crippen LogP contribution in [0.15, 0.2) is 0 Å². The van der Waals surface area contributed by atoms with Crippen molar-refractivity contribution in [2.75, 3.05) is 13.1 Å². The third-order valence-electron chi connectivity index (χ3n) is 2.24. The van der Waals surface area contributed by atoms with Crippen LogP contribution >= 0.6 is 12.4 Å². The Morgan fingerprint density at radius 2 is 2.10 bits per heavy atom. The average molecular weight is 166 g/mol. The van der Waals surface area contributed by atoms with Crippen LogP contribution in [0.2, 0.25) is 0 Å². The van der Waals surface area contributed by atoms with Crippen molar-refractivity contribution in [3.63, 3.8) is 0 Å². The minimum Gasteiger partial charge on any atom is -0.388 e. The lowest BCUT2D eigenvalue weighted by Crippen LogP contribution is -2.36. The van der Waals surface area contributed by atoms with Gasteiger partial charge in [0.1, 0.15) is 0 Å². The zero-order valence-corrected chi connectivity index (χ0v) is 7.37. The van der Waals surface area contributed by atoms with Crippen LogP contribution in [-0.2, 0) is 0 Å². The fourth-order valence-electron chi connectivity index (χ4n) is 1.19. The highest BCUT2D eigenvalue weighted by Crippen LogP contribution is 2.22. The first kappa shape index (κ1) is 10.2. The van der Waals surface area contributed by atoms with Gasteiger partial charge in [0.2, 0.25) is 0 Å². The third-order valence-corrected chi connectivity index (χ3v) is 2.24. The molecule has 1 unspecified atom stereocenters. The second kappa shape index (κ2) is 3.56. The molecule has 0 aliphatic carbocycles. The second-order valence-electron chi connectivity index (χ2n) is 3.19. The molecule has 3 heteroatoms. The van der Waals surface area contributed by atoms with Crippen molar-refractivity contribution in [1.82, 2.24) is 5.32 Å². The molecule has 0 aromatic heterocycles. The molecular formula is C7H16ClNO. The summed E-state index contributed by atoms with van der Waals surface area (Å²) >= 11 is 0. The van der Waals surface area contributed by atoms with Crippen LogP contribution in [0.25, 0.3) is 0 Å². The molecule has 1 fully saturated rings. The summed E-state index contributed by atoms with van der Waals surface area (Å²) in [6.07, 6.45) is 0.907. The topological polar surface area (TPSA) is 32.3 Å². The van der Waals surface area contributed by atoms with Crippen LogP contribution in [0, 0.1) is 5.92 Å². The van der Waals surface area contributed by atoms with Gasteiger partial charge < -0.3 is 10.4 Å². The van der Waals surface area contributed by atoms with Gasteiger partial charge in [-0.3, -0.25) is 0 Å². The van der Waals surface area contributed by atoms with Crippen molar-refractivity contribution in [2.24, 2.45) is 5.92 Å². The van der Waals surface area contributed by atoms with Crippen molar-refractivity contribution in [3.8, 4) is 0 Å². The SMILES string of the molecule is CC(C)C1(O)CCNC1.Cl. The predicted molar refractivity (Wildman–Crippen MR) is 44.5 cm³/mol. The number of hydrogen-bond donors (Lipinski definition) is 2. The Morgan fingerprint density at radius 3 is 2.30 bits per heavy atom. The Bertz CT molecular complexity index is 99.8. The maximum Gasteiger partial charge on any atom is 0.0806 e. The first-order chi connectivity index (χ1) is 4.15. The lowest BCUT2D eigenvalue weighted by atomic mass is 9.90.